The van der Waals surface area contributed by atoms with E-state index in [0.29, 0.717) is 23.1 Å². The number of allylic oxidation sites excluding steroid dienone is 1. The van der Waals surface area contributed by atoms with Gasteiger partial charge >= 0.3 is 11.9 Å². The monoisotopic (exact) mass is 674 g/mol. The molecule has 35 heavy (non-hydrogen) atoms. The van der Waals surface area contributed by atoms with Crippen LogP contribution in [0, 0.1) is 25.7 Å². The van der Waals surface area contributed by atoms with Gasteiger partial charge in [0.1, 0.15) is 19.4 Å². The summed E-state index contributed by atoms with van der Waals surface area (Å²) in [6.45, 7) is 7.68. The Bertz CT molecular complexity index is 1010. The summed E-state index contributed by atoms with van der Waals surface area (Å²) in [4.78, 5) is 30.3. The molecular weight excluding hydrogens is 648 g/mol. The SMILES string of the molecule is C=C1CC(C(=O)OC)C1.COC(=O)C1CC(O)(c2cc(C)cc(Br)n2)C1.Cc1cc(Br)nc(Br)c1. The van der Waals surface area contributed by atoms with Gasteiger partial charge in [0.15, 0.2) is 0 Å². The largest absolute Gasteiger partial charge is 0.469 e. The molecular formula is C25H29Br3N2O5. The summed E-state index contributed by atoms with van der Waals surface area (Å²) >= 11 is 9.85. The molecule has 0 atom stereocenters. The molecule has 2 aromatic rings. The van der Waals surface area contributed by atoms with E-state index in [1.807, 2.05) is 38.1 Å². The zero-order valence-corrected chi connectivity index (χ0v) is 24.9. The fraction of sp³-hybridized carbons (Fsp3) is 0.440. The van der Waals surface area contributed by atoms with E-state index in [1.54, 1.807) is 0 Å². The molecule has 2 saturated carbocycles. The number of hydrogen-bond acceptors (Lipinski definition) is 7. The molecule has 4 rings (SSSR count). The smallest absolute Gasteiger partial charge is 0.309 e. The Morgan fingerprint density at radius 3 is 1.71 bits per heavy atom. The van der Waals surface area contributed by atoms with E-state index in [4.69, 9.17) is 0 Å². The Labute approximate surface area is 231 Å². The summed E-state index contributed by atoms with van der Waals surface area (Å²) in [7, 11) is 2.78. The topological polar surface area (TPSA) is 98.6 Å². The highest BCUT2D eigenvalue weighted by molar-refractivity contribution is 9.11. The van der Waals surface area contributed by atoms with Crippen molar-refractivity contribution in [3.63, 3.8) is 0 Å². The van der Waals surface area contributed by atoms with Gasteiger partial charge in [-0.15, -0.1) is 0 Å². The van der Waals surface area contributed by atoms with Crippen LogP contribution in [0.3, 0.4) is 0 Å². The van der Waals surface area contributed by atoms with Crippen LogP contribution in [0.15, 0.2) is 50.2 Å². The third-order valence-electron chi connectivity index (χ3n) is 5.63. The number of nitrogens with zero attached hydrogens (tertiary/aromatic N) is 2. The lowest BCUT2D eigenvalue weighted by atomic mass is 9.69. The number of aromatic nitrogens is 2. The lowest BCUT2D eigenvalue weighted by Crippen LogP contribution is -2.45. The Hall–Kier alpha value is -1.62. The summed E-state index contributed by atoms with van der Waals surface area (Å²) in [5.41, 5.74) is 3.00. The predicted molar refractivity (Wildman–Crippen MR) is 144 cm³/mol. The lowest BCUT2D eigenvalue weighted by Gasteiger charge is -2.41. The molecule has 10 heteroatoms. The highest BCUT2D eigenvalue weighted by atomic mass is 79.9. The van der Waals surface area contributed by atoms with E-state index >= 15 is 0 Å². The van der Waals surface area contributed by atoms with Gasteiger partial charge in [-0.3, -0.25) is 9.59 Å². The van der Waals surface area contributed by atoms with Gasteiger partial charge in [0, 0.05) is 0 Å². The number of hydrogen-bond donors (Lipinski definition) is 1. The molecule has 0 saturated heterocycles. The minimum absolute atomic E-state index is 0.0950. The Morgan fingerprint density at radius 1 is 0.886 bits per heavy atom. The minimum Gasteiger partial charge on any atom is -0.469 e. The first kappa shape index (κ1) is 29.6. The Balaban J connectivity index is 0.000000203. The van der Waals surface area contributed by atoms with Gasteiger partial charge in [-0.1, -0.05) is 12.2 Å². The average Bonchev–Trinajstić information content (AvgIpc) is 2.73. The van der Waals surface area contributed by atoms with E-state index in [-0.39, 0.29) is 23.8 Å². The van der Waals surface area contributed by atoms with Crippen LogP contribution in [0.1, 0.15) is 42.5 Å². The van der Waals surface area contributed by atoms with Crippen LogP contribution in [-0.2, 0) is 24.7 Å². The zero-order valence-electron chi connectivity index (χ0n) is 20.1. The first-order valence-corrected chi connectivity index (χ1v) is 13.2. The van der Waals surface area contributed by atoms with E-state index in [1.165, 1.54) is 19.8 Å². The molecule has 0 unspecified atom stereocenters. The first-order valence-electron chi connectivity index (χ1n) is 10.9. The van der Waals surface area contributed by atoms with Crippen molar-refractivity contribution < 1.29 is 24.2 Å². The molecule has 1 N–H and O–H groups in total. The first-order chi connectivity index (χ1) is 16.4. The zero-order chi connectivity index (χ0) is 26.3. The van der Waals surface area contributed by atoms with Crippen LogP contribution < -0.4 is 0 Å². The molecule has 0 radical (unpaired) electrons. The molecule has 0 aliphatic heterocycles. The van der Waals surface area contributed by atoms with Gasteiger partial charge < -0.3 is 14.6 Å². The van der Waals surface area contributed by atoms with E-state index in [2.05, 4.69) is 73.8 Å². The van der Waals surface area contributed by atoms with Crippen LogP contribution >= 0.6 is 47.8 Å². The second-order valence-corrected chi connectivity index (χ2v) is 11.1. The third kappa shape index (κ3) is 8.77. The number of carbonyl (C=O) groups is 2. The normalized spacial score (nSPS) is 20.7. The number of methoxy groups -OCH3 is 2. The van der Waals surface area contributed by atoms with Gasteiger partial charge in [-0.25, -0.2) is 9.97 Å². The fourth-order valence-corrected chi connectivity index (χ4v) is 5.61. The Kier molecular flexibility index (Phi) is 11.1. The van der Waals surface area contributed by atoms with Crippen molar-refractivity contribution in [3.05, 3.63) is 67.0 Å². The fourth-order valence-electron chi connectivity index (χ4n) is 3.72. The van der Waals surface area contributed by atoms with Crippen LogP contribution in [-0.4, -0.2) is 41.2 Å². The van der Waals surface area contributed by atoms with Gasteiger partial charge in [-0.05, 0) is 123 Å². The molecule has 2 aliphatic carbocycles. The van der Waals surface area contributed by atoms with Crippen molar-refractivity contribution in [3.8, 4) is 0 Å². The van der Waals surface area contributed by atoms with Crippen molar-refractivity contribution in [2.24, 2.45) is 11.8 Å². The van der Waals surface area contributed by atoms with Crippen molar-refractivity contribution >= 4 is 59.7 Å². The number of rotatable bonds is 3. The summed E-state index contributed by atoms with van der Waals surface area (Å²) in [5.74, 6) is -0.461. The van der Waals surface area contributed by atoms with Gasteiger partial charge in [0.25, 0.3) is 0 Å². The second kappa shape index (κ2) is 13.1. The average molecular weight is 677 g/mol. The van der Waals surface area contributed by atoms with E-state index in [0.717, 1.165) is 33.2 Å². The van der Waals surface area contributed by atoms with Crippen LogP contribution in [0.2, 0.25) is 0 Å². The highest BCUT2D eigenvalue weighted by Crippen LogP contribution is 2.45. The van der Waals surface area contributed by atoms with Crippen molar-refractivity contribution in [2.45, 2.75) is 45.1 Å². The van der Waals surface area contributed by atoms with Crippen molar-refractivity contribution in [1.29, 1.82) is 0 Å². The molecule has 2 aliphatic rings. The number of pyridine rings is 2. The summed E-state index contributed by atoms with van der Waals surface area (Å²) in [5, 5.41) is 10.4. The highest BCUT2D eigenvalue weighted by Gasteiger charge is 2.49. The van der Waals surface area contributed by atoms with Gasteiger partial charge in [-0.2, -0.15) is 0 Å². The van der Waals surface area contributed by atoms with Gasteiger partial charge in [0.05, 0.1) is 31.7 Å². The predicted octanol–water partition coefficient (Wildman–Crippen LogP) is 5.96. The van der Waals surface area contributed by atoms with Crippen LogP contribution in [0.4, 0.5) is 0 Å². The molecule has 0 amide bonds. The number of esters is 2. The summed E-state index contributed by atoms with van der Waals surface area (Å²) in [6, 6.07) is 7.65. The number of aryl methyl sites for hydroxylation is 2. The molecule has 2 aromatic heterocycles. The number of aliphatic hydroxyl groups is 1. The molecule has 2 fully saturated rings. The molecule has 0 aromatic carbocycles. The maximum Gasteiger partial charge on any atom is 0.309 e. The quantitative estimate of drug-likeness (QED) is 0.243. The van der Waals surface area contributed by atoms with Crippen LogP contribution in [0.5, 0.6) is 0 Å². The minimum atomic E-state index is -0.993. The molecule has 190 valence electrons. The van der Waals surface area contributed by atoms with Crippen molar-refractivity contribution in [2.75, 3.05) is 14.2 Å². The number of halogens is 3. The van der Waals surface area contributed by atoms with E-state index in [9.17, 15) is 14.7 Å². The molecule has 2 heterocycles. The number of ether oxygens (including phenoxy) is 2. The molecule has 0 spiro atoms. The van der Waals surface area contributed by atoms with Crippen LogP contribution in [0.25, 0.3) is 0 Å². The maximum absolute atomic E-state index is 11.3. The maximum atomic E-state index is 11.3. The lowest BCUT2D eigenvalue weighted by molar-refractivity contribution is -0.163. The molecule has 0 bridgehead atoms. The van der Waals surface area contributed by atoms with Gasteiger partial charge in [0.2, 0.25) is 0 Å². The van der Waals surface area contributed by atoms with Crippen molar-refractivity contribution in [1.82, 2.24) is 9.97 Å². The van der Waals surface area contributed by atoms with E-state index < -0.39 is 5.60 Å². The second-order valence-electron chi connectivity index (χ2n) is 8.68. The number of carbonyl (C=O) groups excluding carboxylic acids is 2. The summed E-state index contributed by atoms with van der Waals surface area (Å²) in [6.07, 6.45) is 2.41. The standard InChI is InChI=1S/C12H14BrNO3.C7H10O2.C6H5Br2N/c1-7-3-9(14-10(13)4-7)12(16)5-8(6-12)11(15)17-2;1-5-3-6(4-5)7(8)9-2;1-4-2-5(7)9-6(8)3-4/h3-4,8,16H,5-6H2,1-2H3;6H,1,3-4H2,2H3;2-3H,1H3. The third-order valence-corrected chi connectivity index (χ3v) is 6.85. The summed E-state index contributed by atoms with van der Waals surface area (Å²) < 4.78 is 11.6. The molecule has 7 nitrogen and oxygen atoms in total. The Morgan fingerprint density at radius 2 is 1.31 bits per heavy atom.